The fourth-order valence-electron chi connectivity index (χ4n) is 4.91. The Bertz CT molecular complexity index is 1250. The lowest BCUT2D eigenvalue weighted by molar-refractivity contribution is 0.101. The summed E-state index contributed by atoms with van der Waals surface area (Å²) in [5.74, 6) is -1.46. The number of pyridine rings is 1. The molecule has 0 radical (unpaired) electrons. The molecule has 2 aliphatic heterocycles. The molecule has 1 saturated carbocycles. The highest BCUT2D eigenvalue weighted by Gasteiger charge is 2.57. The van der Waals surface area contributed by atoms with Gasteiger partial charge in [0.05, 0.1) is 23.5 Å². The summed E-state index contributed by atoms with van der Waals surface area (Å²) in [7, 11) is 1.94. The topological polar surface area (TPSA) is 51.6 Å². The molecule has 1 aromatic carbocycles. The van der Waals surface area contributed by atoms with Crippen LogP contribution in [0.4, 0.5) is 26.2 Å². The molecule has 0 amide bonds. The van der Waals surface area contributed by atoms with E-state index in [1.165, 1.54) is 23.3 Å². The third kappa shape index (κ3) is 4.59. The number of rotatable bonds is 6. The van der Waals surface area contributed by atoms with Crippen molar-refractivity contribution >= 4 is 29.6 Å². The zero-order valence-corrected chi connectivity index (χ0v) is 21.3. The first-order chi connectivity index (χ1) is 17.4. The molecule has 2 aromatic heterocycles. The standard InChI is InChI=1S/C26H29F2N7S/c1-18-4-5-19(16-33-10-12-34(13-11-33)25-29-8-3-9-30-25)14-21(18)22-6-7-23-24(31-22)32(2)36-35(23)17-20-15-26(20,27)28/h3-9,14,20H,10-13,15-17H2,1-2H3. The van der Waals surface area contributed by atoms with E-state index in [4.69, 9.17) is 4.98 Å². The van der Waals surface area contributed by atoms with Gasteiger partial charge in [0.1, 0.15) is 0 Å². The van der Waals surface area contributed by atoms with Crippen molar-refractivity contribution < 1.29 is 8.78 Å². The van der Waals surface area contributed by atoms with Gasteiger partial charge >= 0.3 is 0 Å². The summed E-state index contributed by atoms with van der Waals surface area (Å²) in [5, 5.41) is 0. The van der Waals surface area contributed by atoms with Crippen molar-refractivity contribution in [2.24, 2.45) is 5.92 Å². The molecule has 1 unspecified atom stereocenters. The van der Waals surface area contributed by atoms with Gasteiger partial charge in [-0.3, -0.25) is 13.5 Å². The number of anilines is 3. The summed E-state index contributed by atoms with van der Waals surface area (Å²) in [6.07, 6.45) is 3.56. The van der Waals surface area contributed by atoms with E-state index in [1.54, 1.807) is 12.4 Å². The molecule has 36 heavy (non-hydrogen) atoms. The fraction of sp³-hybridized carbons (Fsp3) is 0.423. The van der Waals surface area contributed by atoms with Gasteiger partial charge in [0.15, 0.2) is 5.82 Å². The lowest BCUT2D eigenvalue weighted by Crippen LogP contribution is -2.46. The number of fused-ring (bicyclic) bond motifs is 1. The summed E-state index contributed by atoms with van der Waals surface area (Å²) in [4.78, 5) is 18.4. The van der Waals surface area contributed by atoms with Gasteiger partial charge in [-0.1, -0.05) is 12.1 Å². The van der Waals surface area contributed by atoms with Crippen LogP contribution in [-0.2, 0) is 6.54 Å². The van der Waals surface area contributed by atoms with Gasteiger partial charge in [-0.15, -0.1) is 0 Å². The first-order valence-electron chi connectivity index (χ1n) is 12.3. The maximum absolute atomic E-state index is 13.5. The molecule has 0 N–H and O–H groups in total. The number of aryl methyl sites for hydroxylation is 1. The van der Waals surface area contributed by atoms with Crippen LogP contribution in [-0.4, -0.2) is 65.5 Å². The molecule has 1 atom stereocenters. The van der Waals surface area contributed by atoms with E-state index in [-0.39, 0.29) is 6.42 Å². The number of halogens is 2. The third-order valence-electron chi connectivity index (χ3n) is 7.18. The molecule has 188 valence electrons. The highest BCUT2D eigenvalue weighted by molar-refractivity contribution is 8.02. The molecule has 3 aromatic rings. The Balaban J connectivity index is 1.15. The smallest absolute Gasteiger partial charge is 0.253 e. The minimum Gasteiger partial charge on any atom is -0.338 e. The lowest BCUT2D eigenvalue weighted by atomic mass is 10.0. The summed E-state index contributed by atoms with van der Waals surface area (Å²) in [6, 6.07) is 12.5. The average molecular weight is 510 g/mol. The lowest BCUT2D eigenvalue weighted by Gasteiger charge is -2.34. The Hall–Kier alpha value is -2.98. The van der Waals surface area contributed by atoms with Crippen molar-refractivity contribution in [3.8, 4) is 11.3 Å². The number of hydrogen-bond acceptors (Lipinski definition) is 8. The van der Waals surface area contributed by atoms with Crippen LogP contribution < -0.4 is 13.5 Å². The molecule has 1 saturated heterocycles. The SMILES string of the molecule is Cc1ccc(CN2CCN(c3ncccn3)CC2)cc1-c1ccc2c(n1)N(C)SN2CC1CC1(F)F. The number of hydrogen-bond donors (Lipinski definition) is 0. The van der Waals surface area contributed by atoms with E-state index >= 15 is 0 Å². The quantitative estimate of drug-likeness (QED) is 0.446. The highest BCUT2D eigenvalue weighted by atomic mass is 32.2. The van der Waals surface area contributed by atoms with Crippen LogP contribution in [0.25, 0.3) is 11.3 Å². The molecular formula is C26H29F2N7S. The normalized spacial score (nSPS) is 21.1. The van der Waals surface area contributed by atoms with E-state index in [1.807, 2.05) is 33.9 Å². The molecule has 1 aliphatic carbocycles. The average Bonchev–Trinajstić information content (AvgIpc) is 3.37. The van der Waals surface area contributed by atoms with E-state index in [0.29, 0.717) is 6.54 Å². The van der Waals surface area contributed by atoms with Crippen molar-refractivity contribution in [1.29, 1.82) is 0 Å². The molecular weight excluding hydrogens is 480 g/mol. The number of aromatic nitrogens is 3. The number of nitrogens with zero attached hydrogens (tertiary/aromatic N) is 7. The summed E-state index contributed by atoms with van der Waals surface area (Å²) >= 11 is 1.45. The van der Waals surface area contributed by atoms with E-state index < -0.39 is 11.8 Å². The van der Waals surface area contributed by atoms with Crippen LogP contribution in [0.15, 0.2) is 48.8 Å². The monoisotopic (exact) mass is 509 g/mol. The first-order valence-corrected chi connectivity index (χ1v) is 13.0. The summed E-state index contributed by atoms with van der Waals surface area (Å²) < 4.78 is 30.9. The Labute approximate surface area is 214 Å². The maximum atomic E-state index is 13.5. The molecule has 7 nitrogen and oxygen atoms in total. The van der Waals surface area contributed by atoms with E-state index in [9.17, 15) is 8.78 Å². The molecule has 10 heteroatoms. The third-order valence-corrected chi connectivity index (χ3v) is 8.14. The number of piperazine rings is 1. The van der Waals surface area contributed by atoms with Crippen molar-refractivity contribution in [3.63, 3.8) is 0 Å². The largest absolute Gasteiger partial charge is 0.338 e. The number of alkyl halides is 2. The number of benzene rings is 1. The second-order valence-corrected chi connectivity index (χ2v) is 11.0. The minimum atomic E-state index is -2.52. The Morgan fingerprint density at radius 2 is 1.81 bits per heavy atom. The predicted octanol–water partition coefficient (Wildman–Crippen LogP) is 4.64. The molecule has 0 spiro atoms. The second-order valence-electron chi connectivity index (χ2n) is 9.80. The first kappa shape index (κ1) is 23.4. The molecule has 2 fully saturated rings. The van der Waals surface area contributed by atoms with Crippen molar-refractivity contribution in [2.45, 2.75) is 25.8 Å². The predicted molar refractivity (Wildman–Crippen MR) is 140 cm³/mol. The minimum absolute atomic E-state index is 0.0182. The Kier molecular flexibility index (Phi) is 5.95. The van der Waals surface area contributed by atoms with Gasteiger partial charge in [0.25, 0.3) is 5.92 Å². The Morgan fingerprint density at radius 3 is 2.53 bits per heavy atom. The van der Waals surface area contributed by atoms with Gasteiger partial charge in [0.2, 0.25) is 5.95 Å². The van der Waals surface area contributed by atoms with Crippen LogP contribution in [0.5, 0.6) is 0 Å². The van der Waals surface area contributed by atoms with Crippen molar-refractivity contribution in [1.82, 2.24) is 19.9 Å². The van der Waals surface area contributed by atoms with E-state index in [2.05, 4.69) is 44.9 Å². The van der Waals surface area contributed by atoms with Crippen molar-refractivity contribution in [2.75, 3.05) is 53.3 Å². The van der Waals surface area contributed by atoms with Crippen molar-refractivity contribution in [3.05, 3.63) is 59.9 Å². The summed E-state index contributed by atoms with van der Waals surface area (Å²) in [6.45, 7) is 7.04. The fourth-order valence-corrected chi connectivity index (χ4v) is 5.89. The molecule has 0 bridgehead atoms. The molecule has 4 heterocycles. The van der Waals surface area contributed by atoms with Gasteiger partial charge in [-0.2, -0.15) is 0 Å². The van der Waals surface area contributed by atoms with Crippen LogP contribution in [0, 0.1) is 12.8 Å². The second kappa shape index (κ2) is 9.15. The van der Waals surface area contributed by atoms with E-state index in [0.717, 1.165) is 61.4 Å². The van der Waals surface area contributed by atoms with Gasteiger partial charge in [-0.25, -0.2) is 23.7 Å². The van der Waals surface area contributed by atoms with Crippen LogP contribution in [0.1, 0.15) is 17.5 Å². The van der Waals surface area contributed by atoms with Gasteiger partial charge in [-0.05, 0) is 42.3 Å². The summed E-state index contributed by atoms with van der Waals surface area (Å²) in [5.41, 5.74) is 5.34. The van der Waals surface area contributed by atoms with Gasteiger partial charge < -0.3 is 4.90 Å². The van der Waals surface area contributed by atoms with Crippen LogP contribution >= 0.6 is 12.1 Å². The highest BCUT2D eigenvalue weighted by Crippen LogP contribution is 2.52. The molecule has 3 aliphatic rings. The van der Waals surface area contributed by atoms with Crippen LogP contribution in [0.3, 0.4) is 0 Å². The zero-order valence-electron chi connectivity index (χ0n) is 20.4. The maximum Gasteiger partial charge on any atom is 0.253 e. The zero-order chi connectivity index (χ0) is 24.9. The Morgan fingerprint density at radius 1 is 1.06 bits per heavy atom. The van der Waals surface area contributed by atoms with Crippen LogP contribution in [0.2, 0.25) is 0 Å². The molecule has 6 rings (SSSR count). The van der Waals surface area contributed by atoms with Gasteiger partial charge in [0, 0.05) is 76.6 Å².